The molecule has 1 unspecified atom stereocenters. The van der Waals surface area contributed by atoms with E-state index in [0.29, 0.717) is 12.1 Å². The SMILES string of the molecule is CNCc1cc(S(=O)(=O)NCC(C)N(C)C)ccc1F. The number of hydrogen-bond acceptors (Lipinski definition) is 4. The van der Waals surface area contributed by atoms with Gasteiger partial charge in [-0.1, -0.05) is 0 Å². The summed E-state index contributed by atoms with van der Waals surface area (Å²) in [5.41, 5.74) is 0.330. The molecule has 5 nitrogen and oxygen atoms in total. The lowest BCUT2D eigenvalue weighted by atomic mass is 10.2. The Balaban J connectivity index is 2.90. The van der Waals surface area contributed by atoms with Crippen molar-refractivity contribution in [3.8, 4) is 0 Å². The number of hydrogen-bond donors (Lipinski definition) is 2. The number of nitrogens with one attached hydrogen (secondary N) is 2. The molecule has 0 bridgehead atoms. The van der Waals surface area contributed by atoms with Crippen molar-refractivity contribution >= 4 is 10.0 Å². The third-order valence-electron chi connectivity index (χ3n) is 3.15. The Morgan fingerprint density at radius 1 is 1.35 bits per heavy atom. The molecule has 0 aromatic heterocycles. The topological polar surface area (TPSA) is 61.4 Å². The molecule has 20 heavy (non-hydrogen) atoms. The van der Waals surface area contributed by atoms with Crippen LogP contribution in [0.2, 0.25) is 0 Å². The number of benzene rings is 1. The van der Waals surface area contributed by atoms with Gasteiger partial charge in [-0.15, -0.1) is 0 Å². The van der Waals surface area contributed by atoms with Gasteiger partial charge in [0.05, 0.1) is 4.90 Å². The van der Waals surface area contributed by atoms with E-state index in [1.807, 2.05) is 25.9 Å². The zero-order valence-corrected chi connectivity index (χ0v) is 13.1. The molecule has 0 spiro atoms. The molecular weight excluding hydrogens is 281 g/mol. The van der Waals surface area contributed by atoms with Crippen LogP contribution in [0.15, 0.2) is 23.1 Å². The number of nitrogens with zero attached hydrogens (tertiary/aromatic N) is 1. The minimum atomic E-state index is -3.62. The van der Waals surface area contributed by atoms with Crippen LogP contribution in [0.3, 0.4) is 0 Å². The Labute approximate surface area is 120 Å². The quantitative estimate of drug-likeness (QED) is 0.781. The van der Waals surface area contributed by atoms with Gasteiger partial charge in [-0.25, -0.2) is 17.5 Å². The molecule has 7 heteroatoms. The highest BCUT2D eigenvalue weighted by atomic mass is 32.2. The average molecular weight is 303 g/mol. The van der Waals surface area contributed by atoms with E-state index >= 15 is 0 Å². The van der Waals surface area contributed by atoms with Gasteiger partial charge >= 0.3 is 0 Å². The maximum Gasteiger partial charge on any atom is 0.240 e. The van der Waals surface area contributed by atoms with E-state index in [0.717, 1.165) is 0 Å². The summed E-state index contributed by atoms with van der Waals surface area (Å²) >= 11 is 0. The van der Waals surface area contributed by atoms with E-state index in [4.69, 9.17) is 0 Å². The van der Waals surface area contributed by atoms with Crippen LogP contribution in [0.1, 0.15) is 12.5 Å². The first-order chi connectivity index (χ1) is 9.27. The highest BCUT2D eigenvalue weighted by Gasteiger charge is 2.17. The van der Waals surface area contributed by atoms with Gasteiger partial charge in [0, 0.05) is 24.7 Å². The first-order valence-corrected chi connectivity index (χ1v) is 7.85. The fraction of sp³-hybridized carbons (Fsp3) is 0.538. The lowest BCUT2D eigenvalue weighted by molar-refractivity contribution is 0.314. The summed E-state index contributed by atoms with van der Waals surface area (Å²) in [6.07, 6.45) is 0. The van der Waals surface area contributed by atoms with Crippen LogP contribution < -0.4 is 10.0 Å². The van der Waals surface area contributed by atoms with Gasteiger partial charge in [0.1, 0.15) is 5.82 Å². The number of likely N-dealkylation sites (N-methyl/N-ethyl adjacent to an activating group) is 1. The van der Waals surface area contributed by atoms with Gasteiger partial charge in [-0.05, 0) is 46.3 Å². The summed E-state index contributed by atoms with van der Waals surface area (Å²) in [6.45, 7) is 2.50. The summed E-state index contributed by atoms with van der Waals surface area (Å²) in [5.74, 6) is -0.417. The molecule has 0 aliphatic heterocycles. The average Bonchev–Trinajstić information content (AvgIpc) is 2.38. The molecule has 0 aliphatic carbocycles. The van der Waals surface area contributed by atoms with Crippen molar-refractivity contribution in [1.29, 1.82) is 0 Å². The molecule has 0 aliphatic rings. The van der Waals surface area contributed by atoms with Crippen molar-refractivity contribution in [2.45, 2.75) is 24.4 Å². The summed E-state index contributed by atoms with van der Waals surface area (Å²) in [6, 6.07) is 3.88. The molecule has 0 amide bonds. The van der Waals surface area contributed by atoms with E-state index in [1.165, 1.54) is 18.2 Å². The highest BCUT2D eigenvalue weighted by Crippen LogP contribution is 2.15. The van der Waals surface area contributed by atoms with Crippen molar-refractivity contribution < 1.29 is 12.8 Å². The van der Waals surface area contributed by atoms with Crippen molar-refractivity contribution in [2.24, 2.45) is 0 Å². The smallest absolute Gasteiger partial charge is 0.240 e. The monoisotopic (exact) mass is 303 g/mol. The van der Waals surface area contributed by atoms with Crippen LogP contribution in [0, 0.1) is 5.82 Å². The van der Waals surface area contributed by atoms with Gasteiger partial charge < -0.3 is 10.2 Å². The zero-order valence-electron chi connectivity index (χ0n) is 12.3. The minimum Gasteiger partial charge on any atom is -0.316 e. The van der Waals surface area contributed by atoms with Crippen molar-refractivity contribution in [3.63, 3.8) is 0 Å². The Hall–Kier alpha value is -1.02. The van der Waals surface area contributed by atoms with Crippen LogP contribution in [0.5, 0.6) is 0 Å². The second-order valence-electron chi connectivity index (χ2n) is 4.95. The standard InChI is InChI=1S/C13H22FN3O2S/c1-10(17(3)4)8-16-20(18,19)12-5-6-13(14)11(7-12)9-15-2/h5-7,10,15-16H,8-9H2,1-4H3. The lowest BCUT2D eigenvalue weighted by Crippen LogP contribution is -2.38. The van der Waals surface area contributed by atoms with Crippen molar-refractivity contribution in [1.82, 2.24) is 14.9 Å². The summed E-state index contributed by atoms with van der Waals surface area (Å²) in [7, 11) is 1.81. The van der Waals surface area contributed by atoms with Crippen LogP contribution in [-0.4, -0.2) is 47.0 Å². The molecule has 0 saturated carbocycles. The number of sulfonamides is 1. The van der Waals surface area contributed by atoms with Crippen LogP contribution in [0.4, 0.5) is 4.39 Å². The molecule has 2 N–H and O–H groups in total. The molecule has 1 aromatic carbocycles. The Morgan fingerprint density at radius 3 is 2.55 bits per heavy atom. The molecule has 1 atom stereocenters. The minimum absolute atomic E-state index is 0.0713. The summed E-state index contributed by atoms with van der Waals surface area (Å²) in [5, 5.41) is 2.81. The Kier molecular flexibility index (Phi) is 6.07. The van der Waals surface area contributed by atoms with Gasteiger partial charge in [0.15, 0.2) is 0 Å². The van der Waals surface area contributed by atoms with Crippen molar-refractivity contribution in [3.05, 3.63) is 29.6 Å². The largest absolute Gasteiger partial charge is 0.316 e. The molecular formula is C13H22FN3O2S. The Morgan fingerprint density at radius 2 is 2.00 bits per heavy atom. The molecule has 0 heterocycles. The maximum atomic E-state index is 13.5. The first-order valence-electron chi connectivity index (χ1n) is 6.37. The number of rotatable bonds is 7. The molecule has 0 fully saturated rings. The molecule has 1 rings (SSSR count). The van der Waals surface area contributed by atoms with Gasteiger partial charge in [-0.3, -0.25) is 0 Å². The van der Waals surface area contributed by atoms with Gasteiger partial charge in [-0.2, -0.15) is 0 Å². The van der Waals surface area contributed by atoms with Crippen LogP contribution >= 0.6 is 0 Å². The van der Waals surface area contributed by atoms with E-state index in [2.05, 4.69) is 10.0 Å². The van der Waals surface area contributed by atoms with Crippen molar-refractivity contribution in [2.75, 3.05) is 27.7 Å². The fourth-order valence-electron chi connectivity index (χ4n) is 1.54. The van der Waals surface area contributed by atoms with Gasteiger partial charge in [0.25, 0.3) is 0 Å². The highest BCUT2D eigenvalue weighted by molar-refractivity contribution is 7.89. The summed E-state index contributed by atoms with van der Waals surface area (Å²) < 4.78 is 40.3. The summed E-state index contributed by atoms with van der Waals surface area (Å²) in [4.78, 5) is 2.00. The predicted molar refractivity (Wildman–Crippen MR) is 77.5 cm³/mol. The van der Waals surface area contributed by atoms with E-state index in [1.54, 1.807) is 7.05 Å². The number of halogens is 1. The normalized spacial score (nSPS) is 13.7. The van der Waals surface area contributed by atoms with Gasteiger partial charge in [0.2, 0.25) is 10.0 Å². The van der Waals surface area contributed by atoms with E-state index < -0.39 is 15.8 Å². The third-order valence-corrected chi connectivity index (χ3v) is 4.57. The molecule has 0 radical (unpaired) electrons. The third kappa shape index (κ3) is 4.52. The maximum absolute atomic E-state index is 13.5. The van der Waals surface area contributed by atoms with E-state index in [-0.39, 0.29) is 17.5 Å². The van der Waals surface area contributed by atoms with Crippen LogP contribution in [0.25, 0.3) is 0 Å². The predicted octanol–water partition coefficient (Wildman–Crippen LogP) is 0.773. The molecule has 0 saturated heterocycles. The first kappa shape index (κ1) is 17.0. The lowest BCUT2D eigenvalue weighted by Gasteiger charge is -2.20. The second kappa shape index (κ2) is 7.12. The van der Waals surface area contributed by atoms with Crippen LogP contribution in [-0.2, 0) is 16.6 Å². The second-order valence-corrected chi connectivity index (χ2v) is 6.72. The van der Waals surface area contributed by atoms with E-state index in [9.17, 15) is 12.8 Å². The molecule has 1 aromatic rings. The zero-order chi connectivity index (χ0) is 15.3. The fourth-order valence-corrected chi connectivity index (χ4v) is 2.71. The molecule has 114 valence electrons. The Bertz CT molecular complexity index is 547.